The highest BCUT2D eigenvalue weighted by Crippen LogP contribution is 2.32. The van der Waals surface area contributed by atoms with Crippen molar-refractivity contribution in [1.82, 2.24) is 0 Å². The molecule has 0 aliphatic heterocycles. The normalized spacial score (nSPS) is 20.3. The predicted octanol–water partition coefficient (Wildman–Crippen LogP) is 4.88. The lowest BCUT2D eigenvalue weighted by Crippen LogP contribution is -2.12. The topological polar surface area (TPSA) is 9.23 Å². The van der Waals surface area contributed by atoms with Crippen LogP contribution in [-0.4, -0.2) is 6.10 Å². The summed E-state index contributed by atoms with van der Waals surface area (Å²) in [6, 6.07) is 3.76. The van der Waals surface area contributed by atoms with Gasteiger partial charge in [0.2, 0.25) is 0 Å². The lowest BCUT2D eigenvalue weighted by molar-refractivity contribution is 0.200. The molecule has 0 spiro atoms. The number of rotatable bonds is 4. The molecule has 1 nitrogen and oxygen atoms in total. The standard InChI is InChI=1S/C17H21FO/c1-12-14(9-8-13-6-7-13)10-11-16(17(12)18)19-15-4-2-3-5-15/h8-11,13,15H,2-7H2,1H3/b9-8+. The van der Waals surface area contributed by atoms with Crippen molar-refractivity contribution in [2.45, 2.75) is 51.6 Å². The van der Waals surface area contributed by atoms with Crippen molar-refractivity contribution in [3.63, 3.8) is 0 Å². The Balaban J connectivity index is 1.76. The third-order valence-corrected chi connectivity index (χ3v) is 4.16. The first-order valence-electron chi connectivity index (χ1n) is 7.38. The van der Waals surface area contributed by atoms with Gasteiger partial charge in [-0.25, -0.2) is 4.39 Å². The molecule has 0 bridgehead atoms. The highest BCUT2D eigenvalue weighted by molar-refractivity contribution is 5.56. The zero-order valence-electron chi connectivity index (χ0n) is 11.5. The molecule has 0 amide bonds. The molecule has 0 unspecified atom stereocenters. The zero-order valence-corrected chi connectivity index (χ0v) is 11.5. The lowest BCUT2D eigenvalue weighted by atomic mass is 10.1. The second-order valence-electron chi connectivity index (χ2n) is 5.81. The molecule has 0 N–H and O–H groups in total. The monoisotopic (exact) mass is 260 g/mol. The second-order valence-corrected chi connectivity index (χ2v) is 5.81. The van der Waals surface area contributed by atoms with Gasteiger partial charge in [-0.1, -0.05) is 18.2 Å². The van der Waals surface area contributed by atoms with E-state index in [0.717, 1.165) is 24.3 Å². The molecule has 3 rings (SSSR count). The van der Waals surface area contributed by atoms with E-state index in [1.807, 2.05) is 13.0 Å². The van der Waals surface area contributed by atoms with E-state index in [-0.39, 0.29) is 11.9 Å². The first kappa shape index (κ1) is 12.7. The molecule has 0 atom stereocenters. The number of hydrogen-bond acceptors (Lipinski definition) is 1. The van der Waals surface area contributed by atoms with Gasteiger partial charge in [-0.3, -0.25) is 0 Å². The number of ether oxygens (including phenoxy) is 1. The fraction of sp³-hybridized carbons (Fsp3) is 0.529. The molecular weight excluding hydrogens is 239 g/mol. The van der Waals surface area contributed by atoms with E-state index >= 15 is 0 Å². The van der Waals surface area contributed by atoms with Crippen molar-refractivity contribution in [3.05, 3.63) is 35.2 Å². The fourth-order valence-corrected chi connectivity index (χ4v) is 2.66. The van der Waals surface area contributed by atoms with Crippen LogP contribution < -0.4 is 4.74 Å². The molecule has 102 valence electrons. The van der Waals surface area contributed by atoms with E-state index in [2.05, 4.69) is 12.2 Å². The third-order valence-electron chi connectivity index (χ3n) is 4.16. The average Bonchev–Trinajstić information content (AvgIpc) is 3.10. The number of allylic oxidation sites excluding steroid dienone is 1. The second kappa shape index (κ2) is 5.36. The van der Waals surface area contributed by atoms with Crippen LogP contribution >= 0.6 is 0 Å². The summed E-state index contributed by atoms with van der Waals surface area (Å²) in [5.41, 5.74) is 1.68. The molecule has 0 radical (unpaired) electrons. The van der Waals surface area contributed by atoms with E-state index in [1.165, 1.54) is 25.7 Å². The minimum absolute atomic E-state index is 0.190. The summed E-state index contributed by atoms with van der Waals surface area (Å²) < 4.78 is 20.1. The first-order valence-corrected chi connectivity index (χ1v) is 7.38. The average molecular weight is 260 g/mol. The van der Waals surface area contributed by atoms with Crippen LogP contribution in [0, 0.1) is 18.7 Å². The molecule has 2 fully saturated rings. The summed E-state index contributed by atoms with van der Waals surface area (Å²) in [6.07, 6.45) is 11.5. The maximum Gasteiger partial charge on any atom is 0.168 e. The van der Waals surface area contributed by atoms with Crippen molar-refractivity contribution in [2.24, 2.45) is 5.92 Å². The van der Waals surface area contributed by atoms with Crippen molar-refractivity contribution in [3.8, 4) is 5.75 Å². The molecule has 1 aromatic carbocycles. The van der Waals surface area contributed by atoms with Gasteiger partial charge in [-0.05, 0) is 68.6 Å². The Morgan fingerprint density at radius 3 is 2.58 bits per heavy atom. The van der Waals surface area contributed by atoms with E-state index < -0.39 is 0 Å². The van der Waals surface area contributed by atoms with Gasteiger partial charge in [0.25, 0.3) is 0 Å². The predicted molar refractivity (Wildman–Crippen MR) is 75.8 cm³/mol. The molecule has 0 aromatic heterocycles. The molecule has 2 saturated carbocycles. The van der Waals surface area contributed by atoms with Crippen molar-refractivity contribution < 1.29 is 9.13 Å². The summed E-state index contributed by atoms with van der Waals surface area (Å²) in [5, 5.41) is 0. The van der Waals surface area contributed by atoms with Crippen LogP contribution in [0.15, 0.2) is 18.2 Å². The smallest absolute Gasteiger partial charge is 0.168 e. The third kappa shape index (κ3) is 2.99. The molecule has 1 aromatic rings. The van der Waals surface area contributed by atoms with Gasteiger partial charge >= 0.3 is 0 Å². The molecular formula is C17H21FO. The minimum Gasteiger partial charge on any atom is -0.487 e. The van der Waals surface area contributed by atoms with Crippen molar-refractivity contribution in [1.29, 1.82) is 0 Å². The van der Waals surface area contributed by atoms with Gasteiger partial charge in [0.1, 0.15) is 0 Å². The molecule has 0 saturated heterocycles. The van der Waals surface area contributed by atoms with Crippen LogP contribution in [0.2, 0.25) is 0 Å². The number of hydrogen-bond donors (Lipinski definition) is 0. The molecule has 2 heteroatoms. The van der Waals surface area contributed by atoms with Crippen molar-refractivity contribution >= 4 is 6.08 Å². The summed E-state index contributed by atoms with van der Waals surface area (Å²) in [7, 11) is 0. The summed E-state index contributed by atoms with van der Waals surface area (Å²) in [6.45, 7) is 1.84. The highest BCUT2D eigenvalue weighted by atomic mass is 19.1. The van der Waals surface area contributed by atoms with E-state index in [1.54, 1.807) is 6.07 Å². The molecule has 19 heavy (non-hydrogen) atoms. The van der Waals surface area contributed by atoms with Crippen LogP contribution in [0.5, 0.6) is 5.75 Å². The largest absolute Gasteiger partial charge is 0.487 e. The summed E-state index contributed by atoms with van der Waals surface area (Å²) >= 11 is 0. The summed E-state index contributed by atoms with van der Waals surface area (Å²) in [4.78, 5) is 0. The van der Waals surface area contributed by atoms with Crippen LogP contribution in [0.1, 0.15) is 49.7 Å². The van der Waals surface area contributed by atoms with Gasteiger partial charge < -0.3 is 4.74 Å². The van der Waals surface area contributed by atoms with Gasteiger partial charge in [0.15, 0.2) is 11.6 Å². The minimum atomic E-state index is -0.190. The van der Waals surface area contributed by atoms with Crippen LogP contribution in [0.3, 0.4) is 0 Å². The number of halogens is 1. The van der Waals surface area contributed by atoms with Gasteiger partial charge in [-0.2, -0.15) is 0 Å². The van der Waals surface area contributed by atoms with E-state index in [9.17, 15) is 4.39 Å². The molecule has 2 aliphatic carbocycles. The van der Waals surface area contributed by atoms with Gasteiger partial charge in [0, 0.05) is 0 Å². The Morgan fingerprint density at radius 1 is 1.16 bits per heavy atom. The first-order chi connectivity index (χ1) is 9.24. The lowest BCUT2D eigenvalue weighted by Gasteiger charge is -2.15. The Labute approximate surface area is 114 Å². The fourth-order valence-electron chi connectivity index (χ4n) is 2.66. The van der Waals surface area contributed by atoms with E-state index in [0.29, 0.717) is 11.3 Å². The Morgan fingerprint density at radius 2 is 1.89 bits per heavy atom. The Hall–Kier alpha value is -1.31. The molecule has 0 heterocycles. The van der Waals surface area contributed by atoms with Crippen LogP contribution in [0.25, 0.3) is 6.08 Å². The SMILES string of the molecule is Cc1c(/C=C/C2CC2)ccc(OC2CCCC2)c1F. The maximum absolute atomic E-state index is 14.3. The van der Waals surface area contributed by atoms with Crippen LogP contribution in [-0.2, 0) is 0 Å². The Bertz CT molecular complexity index is 482. The summed E-state index contributed by atoms with van der Waals surface area (Å²) in [5.74, 6) is 0.953. The van der Waals surface area contributed by atoms with Gasteiger partial charge in [-0.15, -0.1) is 0 Å². The number of benzene rings is 1. The van der Waals surface area contributed by atoms with Crippen molar-refractivity contribution in [2.75, 3.05) is 0 Å². The Kier molecular flexibility index (Phi) is 3.58. The zero-order chi connectivity index (χ0) is 13.2. The van der Waals surface area contributed by atoms with Crippen LogP contribution in [0.4, 0.5) is 4.39 Å². The quantitative estimate of drug-likeness (QED) is 0.749. The highest BCUT2D eigenvalue weighted by Gasteiger charge is 2.20. The van der Waals surface area contributed by atoms with E-state index in [4.69, 9.17) is 4.74 Å². The molecule has 2 aliphatic rings. The maximum atomic E-state index is 14.3. The van der Waals surface area contributed by atoms with Gasteiger partial charge in [0.05, 0.1) is 6.10 Å².